The fourth-order valence-electron chi connectivity index (χ4n) is 1.01. The number of aromatic nitrogens is 2. The van der Waals surface area contributed by atoms with Crippen LogP contribution in [0.25, 0.3) is 5.69 Å². The normalized spacial score (nSPS) is 10.4. The van der Waals surface area contributed by atoms with Gasteiger partial charge < -0.3 is 4.57 Å². The third-order valence-corrected chi connectivity index (χ3v) is 1.56. The van der Waals surface area contributed by atoms with Crippen molar-refractivity contribution in [3.8, 4) is 5.69 Å². The van der Waals surface area contributed by atoms with Crippen LogP contribution in [0.1, 0.15) is 0 Å². The molecule has 0 aliphatic heterocycles. The van der Waals surface area contributed by atoms with Gasteiger partial charge in [-0.05, 0) is 12.1 Å². The summed E-state index contributed by atoms with van der Waals surface area (Å²) in [4.78, 5) is 3.96. The highest BCUT2D eigenvalue weighted by atomic mass is 32.3. The molecule has 0 saturated carbocycles. The molecule has 2 aromatic rings. The number of hydrogen-bond acceptors (Lipinski definition) is 3. The van der Waals surface area contributed by atoms with E-state index in [0.717, 1.165) is 5.69 Å². The van der Waals surface area contributed by atoms with Crippen molar-refractivity contribution in [3.63, 3.8) is 0 Å². The van der Waals surface area contributed by atoms with Crippen molar-refractivity contribution < 1.29 is 17.5 Å². The largest absolute Gasteiger partial charge is 0.394 e. The average molecular weight is 242 g/mol. The summed E-state index contributed by atoms with van der Waals surface area (Å²) in [5, 5.41) is 0. The molecule has 16 heavy (non-hydrogen) atoms. The highest BCUT2D eigenvalue weighted by molar-refractivity contribution is 7.79. The molecular weight excluding hydrogens is 232 g/mol. The summed E-state index contributed by atoms with van der Waals surface area (Å²) in [6.07, 6.45) is 5.48. The average Bonchev–Trinajstić information content (AvgIpc) is 2.69. The minimum Gasteiger partial charge on any atom is -0.306 e. The molecular formula is C9H10N2O4S. The molecule has 2 N–H and O–H groups in total. The Hall–Kier alpha value is -1.70. The smallest absolute Gasteiger partial charge is 0.306 e. The lowest BCUT2D eigenvalue weighted by atomic mass is 10.3. The lowest BCUT2D eigenvalue weighted by molar-refractivity contribution is 0.381. The molecule has 0 amide bonds. The fourth-order valence-corrected chi connectivity index (χ4v) is 1.01. The van der Waals surface area contributed by atoms with E-state index in [9.17, 15) is 0 Å². The number of imidazole rings is 1. The van der Waals surface area contributed by atoms with Gasteiger partial charge in [0.05, 0.1) is 6.33 Å². The number of nitrogens with zero attached hydrogens (tertiary/aromatic N) is 2. The minimum absolute atomic E-state index is 1.14. The van der Waals surface area contributed by atoms with E-state index in [1.54, 1.807) is 12.5 Å². The Balaban J connectivity index is 0.000000221. The Morgan fingerprint density at radius 2 is 1.69 bits per heavy atom. The SMILES string of the molecule is O=S(=O)(O)O.c1ccc(-n2ccnc2)cc1. The zero-order chi connectivity index (χ0) is 12.0. The van der Waals surface area contributed by atoms with Crippen LogP contribution in [0.2, 0.25) is 0 Å². The van der Waals surface area contributed by atoms with E-state index in [-0.39, 0.29) is 0 Å². The maximum absolute atomic E-state index is 8.74. The summed E-state index contributed by atoms with van der Waals surface area (Å²) in [5.41, 5.74) is 1.14. The summed E-state index contributed by atoms with van der Waals surface area (Å²) >= 11 is 0. The van der Waals surface area contributed by atoms with Crippen molar-refractivity contribution in [3.05, 3.63) is 49.1 Å². The molecule has 2 rings (SSSR count). The number of rotatable bonds is 1. The summed E-state index contributed by atoms with van der Waals surface area (Å²) in [6, 6.07) is 10.1. The van der Waals surface area contributed by atoms with Gasteiger partial charge in [-0.3, -0.25) is 9.11 Å². The van der Waals surface area contributed by atoms with Gasteiger partial charge in [0.25, 0.3) is 0 Å². The van der Waals surface area contributed by atoms with Crippen molar-refractivity contribution >= 4 is 10.4 Å². The lowest BCUT2D eigenvalue weighted by Gasteiger charge is -1.98. The van der Waals surface area contributed by atoms with Gasteiger partial charge in [-0.25, -0.2) is 4.98 Å². The van der Waals surface area contributed by atoms with Gasteiger partial charge in [-0.1, -0.05) is 18.2 Å². The van der Waals surface area contributed by atoms with Crippen LogP contribution in [-0.4, -0.2) is 27.1 Å². The van der Waals surface area contributed by atoms with E-state index >= 15 is 0 Å². The second-order valence-electron chi connectivity index (χ2n) is 2.75. The Bertz CT molecular complexity index is 500. The van der Waals surface area contributed by atoms with Gasteiger partial charge >= 0.3 is 10.4 Å². The molecule has 86 valence electrons. The molecule has 1 aromatic heterocycles. The predicted molar refractivity (Wildman–Crippen MR) is 57.7 cm³/mol. The van der Waals surface area contributed by atoms with Crippen LogP contribution in [-0.2, 0) is 10.4 Å². The molecule has 0 unspecified atom stereocenters. The monoisotopic (exact) mass is 242 g/mol. The quantitative estimate of drug-likeness (QED) is 0.733. The molecule has 0 radical (unpaired) electrons. The van der Waals surface area contributed by atoms with Crippen LogP contribution < -0.4 is 0 Å². The maximum Gasteiger partial charge on any atom is 0.394 e. The topological polar surface area (TPSA) is 92.4 Å². The molecule has 0 spiro atoms. The van der Waals surface area contributed by atoms with E-state index < -0.39 is 10.4 Å². The van der Waals surface area contributed by atoms with Crippen molar-refractivity contribution in [2.45, 2.75) is 0 Å². The third kappa shape index (κ3) is 5.25. The van der Waals surface area contributed by atoms with E-state index in [1.165, 1.54) is 0 Å². The standard InChI is InChI=1S/C9H8N2.H2O4S/c1-2-4-9(5-3-1)11-7-6-10-8-11;1-5(2,3)4/h1-8H;(H2,1,2,3,4). The molecule has 0 fully saturated rings. The number of hydrogen-bond donors (Lipinski definition) is 2. The number of para-hydroxylation sites is 1. The molecule has 1 aromatic carbocycles. The Morgan fingerprint density at radius 3 is 2.12 bits per heavy atom. The van der Waals surface area contributed by atoms with E-state index in [2.05, 4.69) is 4.98 Å². The van der Waals surface area contributed by atoms with Crippen LogP contribution in [0.4, 0.5) is 0 Å². The summed E-state index contributed by atoms with van der Waals surface area (Å²) in [7, 11) is -4.67. The molecule has 0 aliphatic carbocycles. The van der Waals surface area contributed by atoms with Crippen molar-refractivity contribution in [2.24, 2.45) is 0 Å². The number of benzene rings is 1. The van der Waals surface area contributed by atoms with Gasteiger partial charge in [0.15, 0.2) is 0 Å². The highest BCUT2D eigenvalue weighted by Crippen LogP contribution is 2.04. The van der Waals surface area contributed by atoms with Crippen molar-refractivity contribution in [1.29, 1.82) is 0 Å². The zero-order valence-corrected chi connectivity index (χ0v) is 8.95. The van der Waals surface area contributed by atoms with Gasteiger partial charge in [-0.15, -0.1) is 0 Å². The van der Waals surface area contributed by atoms with Gasteiger partial charge in [-0.2, -0.15) is 8.42 Å². The highest BCUT2D eigenvalue weighted by Gasteiger charge is 1.89. The second kappa shape index (κ2) is 5.40. The lowest BCUT2D eigenvalue weighted by Crippen LogP contribution is -1.89. The third-order valence-electron chi connectivity index (χ3n) is 1.56. The predicted octanol–water partition coefficient (Wildman–Crippen LogP) is 1.22. The summed E-state index contributed by atoms with van der Waals surface area (Å²) < 4.78 is 33.6. The molecule has 0 bridgehead atoms. The van der Waals surface area contributed by atoms with Crippen LogP contribution in [0, 0.1) is 0 Å². The van der Waals surface area contributed by atoms with E-state index in [1.807, 2.05) is 41.1 Å². The van der Waals surface area contributed by atoms with E-state index in [0.29, 0.717) is 0 Å². The molecule has 0 saturated heterocycles. The molecule has 6 nitrogen and oxygen atoms in total. The Morgan fingerprint density at radius 1 is 1.12 bits per heavy atom. The van der Waals surface area contributed by atoms with E-state index in [4.69, 9.17) is 17.5 Å². The van der Waals surface area contributed by atoms with Crippen LogP contribution >= 0.6 is 0 Å². The minimum atomic E-state index is -4.67. The summed E-state index contributed by atoms with van der Waals surface area (Å²) in [5.74, 6) is 0. The Labute approximate surface area is 92.8 Å². The first-order chi connectivity index (χ1) is 7.47. The molecule has 0 atom stereocenters. The molecule has 7 heteroatoms. The van der Waals surface area contributed by atoms with Crippen LogP contribution in [0.15, 0.2) is 49.1 Å². The molecule has 1 heterocycles. The maximum atomic E-state index is 8.74. The zero-order valence-electron chi connectivity index (χ0n) is 8.13. The second-order valence-corrected chi connectivity index (χ2v) is 3.65. The van der Waals surface area contributed by atoms with Crippen molar-refractivity contribution in [1.82, 2.24) is 9.55 Å². The first kappa shape index (κ1) is 12.4. The molecule has 0 aliphatic rings. The fraction of sp³-hybridized carbons (Fsp3) is 0. The van der Waals surface area contributed by atoms with Crippen molar-refractivity contribution in [2.75, 3.05) is 0 Å². The van der Waals surface area contributed by atoms with Crippen LogP contribution in [0.3, 0.4) is 0 Å². The van der Waals surface area contributed by atoms with Gasteiger partial charge in [0, 0.05) is 18.1 Å². The first-order valence-electron chi connectivity index (χ1n) is 4.20. The van der Waals surface area contributed by atoms with Crippen LogP contribution in [0.5, 0.6) is 0 Å². The summed E-state index contributed by atoms with van der Waals surface area (Å²) in [6.45, 7) is 0. The van der Waals surface area contributed by atoms with Gasteiger partial charge in [0.2, 0.25) is 0 Å². The Kier molecular flexibility index (Phi) is 4.18. The van der Waals surface area contributed by atoms with Gasteiger partial charge in [0.1, 0.15) is 0 Å². The first-order valence-corrected chi connectivity index (χ1v) is 5.60.